The molecule has 0 amide bonds. The fraction of sp³-hybridized carbons (Fsp3) is 0.0690. The Balaban J connectivity index is 1.33. The van der Waals surface area contributed by atoms with Gasteiger partial charge in [0.15, 0.2) is 0 Å². The summed E-state index contributed by atoms with van der Waals surface area (Å²) in [4.78, 5) is 29.7. The third-order valence-electron chi connectivity index (χ3n) is 6.15. The summed E-state index contributed by atoms with van der Waals surface area (Å²) in [7, 11) is 0. The predicted molar refractivity (Wildman–Crippen MR) is 135 cm³/mol. The van der Waals surface area contributed by atoms with Crippen LogP contribution in [0, 0.1) is 6.92 Å². The molecule has 6 heteroatoms. The van der Waals surface area contributed by atoms with Crippen LogP contribution >= 0.6 is 0 Å². The zero-order valence-electron chi connectivity index (χ0n) is 18.9. The smallest absolute Gasteiger partial charge is 0.338 e. The summed E-state index contributed by atoms with van der Waals surface area (Å²) in [5.74, 6) is 0.339. The Labute approximate surface area is 200 Å². The molecule has 0 unspecified atom stereocenters. The van der Waals surface area contributed by atoms with Gasteiger partial charge in [0, 0.05) is 22.7 Å². The van der Waals surface area contributed by atoms with Crippen molar-refractivity contribution in [1.29, 1.82) is 0 Å². The van der Waals surface area contributed by atoms with Crippen molar-refractivity contribution in [2.45, 2.75) is 13.5 Å². The molecule has 0 N–H and O–H groups in total. The molecule has 4 aromatic carbocycles. The third-order valence-corrected chi connectivity index (χ3v) is 6.15. The maximum absolute atomic E-state index is 12.9. The number of benzene rings is 4. The molecular weight excluding hydrogens is 440 g/mol. The van der Waals surface area contributed by atoms with Crippen LogP contribution in [0.5, 0.6) is 0 Å². The number of aryl methyl sites for hydroxylation is 1. The van der Waals surface area contributed by atoms with Crippen molar-refractivity contribution in [2.75, 3.05) is 0 Å². The van der Waals surface area contributed by atoms with Crippen molar-refractivity contribution in [1.82, 2.24) is 9.55 Å². The average molecular weight is 460 g/mol. The van der Waals surface area contributed by atoms with Gasteiger partial charge in [0.05, 0.1) is 16.6 Å². The molecule has 0 aliphatic rings. The molecule has 6 aromatic rings. The van der Waals surface area contributed by atoms with E-state index in [2.05, 4.69) is 4.98 Å². The number of esters is 1. The van der Waals surface area contributed by atoms with Gasteiger partial charge in [-0.2, -0.15) is 0 Å². The number of aromatic nitrogens is 2. The van der Waals surface area contributed by atoms with Crippen molar-refractivity contribution < 1.29 is 13.9 Å². The van der Waals surface area contributed by atoms with E-state index in [9.17, 15) is 9.59 Å². The Bertz CT molecular complexity index is 1800. The SMILES string of the molecule is Cc1nc2cc(C(=O)OCc3cc(=O)oc4ccc5ccccc5c34)ccc2n1-c1ccccc1. The van der Waals surface area contributed by atoms with E-state index < -0.39 is 11.6 Å². The van der Waals surface area contributed by atoms with Gasteiger partial charge in [-0.05, 0) is 54.1 Å². The van der Waals surface area contributed by atoms with Crippen LogP contribution in [-0.2, 0) is 11.3 Å². The highest BCUT2D eigenvalue weighted by molar-refractivity contribution is 6.07. The first-order valence-corrected chi connectivity index (χ1v) is 11.2. The molecule has 0 aliphatic carbocycles. The Hall–Kier alpha value is -4.71. The van der Waals surface area contributed by atoms with Gasteiger partial charge in [-0.1, -0.05) is 48.5 Å². The fourth-order valence-corrected chi connectivity index (χ4v) is 4.59. The van der Waals surface area contributed by atoms with Crippen LogP contribution in [0.25, 0.3) is 38.5 Å². The molecule has 0 bridgehead atoms. The van der Waals surface area contributed by atoms with Crippen molar-refractivity contribution in [3.05, 3.63) is 118 Å². The molecule has 0 aliphatic heterocycles. The average Bonchev–Trinajstić information content (AvgIpc) is 3.22. The lowest BCUT2D eigenvalue weighted by atomic mass is 10.0. The van der Waals surface area contributed by atoms with Crippen LogP contribution in [0.4, 0.5) is 0 Å². The number of imidazole rings is 1. The molecule has 6 nitrogen and oxygen atoms in total. The Morgan fingerprint density at radius 1 is 0.943 bits per heavy atom. The lowest BCUT2D eigenvalue weighted by Crippen LogP contribution is -2.08. The van der Waals surface area contributed by atoms with Crippen LogP contribution in [-0.4, -0.2) is 15.5 Å². The summed E-state index contributed by atoms with van der Waals surface area (Å²) < 4.78 is 13.1. The van der Waals surface area contributed by atoms with Gasteiger partial charge in [-0.15, -0.1) is 0 Å². The maximum atomic E-state index is 12.9. The topological polar surface area (TPSA) is 74.3 Å². The Kier molecular flexibility index (Phi) is 4.92. The molecule has 35 heavy (non-hydrogen) atoms. The molecule has 2 heterocycles. The van der Waals surface area contributed by atoms with E-state index in [0.29, 0.717) is 22.2 Å². The van der Waals surface area contributed by atoms with Crippen molar-refractivity contribution in [2.24, 2.45) is 0 Å². The van der Waals surface area contributed by atoms with E-state index in [4.69, 9.17) is 9.15 Å². The van der Waals surface area contributed by atoms with Crippen LogP contribution in [0.1, 0.15) is 21.7 Å². The van der Waals surface area contributed by atoms with Crippen LogP contribution in [0.15, 0.2) is 100 Å². The Morgan fingerprint density at radius 2 is 1.74 bits per heavy atom. The van der Waals surface area contributed by atoms with Crippen molar-refractivity contribution in [3.8, 4) is 5.69 Å². The number of carbonyl (C=O) groups is 1. The molecule has 0 saturated heterocycles. The summed E-state index contributed by atoms with van der Waals surface area (Å²) >= 11 is 0. The Morgan fingerprint density at radius 3 is 2.60 bits per heavy atom. The van der Waals surface area contributed by atoms with Gasteiger partial charge < -0.3 is 9.15 Å². The molecule has 2 aromatic heterocycles. The van der Waals surface area contributed by atoms with E-state index in [0.717, 1.165) is 33.2 Å². The molecule has 0 atom stereocenters. The summed E-state index contributed by atoms with van der Waals surface area (Å²) in [5.41, 5.74) is 3.60. The molecule has 0 saturated carbocycles. The summed E-state index contributed by atoms with van der Waals surface area (Å²) in [6.07, 6.45) is 0. The maximum Gasteiger partial charge on any atom is 0.338 e. The number of ether oxygens (including phenoxy) is 1. The summed E-state index contributed by atoms with van der Waals surface area (Å²) in [6.45, 7) is 1.88. The second-order valence-corrected chi connectivity index (χ2v) is 8.36. The fourth-order valence-electron chi connectivity index (χ4n) is 4.59. The zero-order chi connectivity index (χ0) is 23.9. The predicted octanol–water partition coefficient (Wildman–Crippen LogP) is 5.95. The number of hydrogen-bond donors (Lipinski definition) is 0. The second-order valence-electron chi connectivity index (χ2n) is 8.36. The van der Waals surface area contributed by atoms with Gasteiger partial charge in [0.2, 0.25) is 0 Å². The van der Waals surface area contributed by atoms with E-state index in [-0.39, 0.29) is 6.61 Å². The molecule has 6 rings (SSSR count). The van der Waals surface area contributed by atoms with Gasteiger partial charge in [-0.25, -0.2) is 14.6 Å². The zero-order valence-corrected chi connectivity index (χ0v) is 18.9. The number of fused-ring (bicyclic) bond motifs is 4. The van der Waals surface area contributed by atoms with Crippen LogP contribution < -0.4 is 5.63 Å². The lowest BCUT2D eigenvalue weighted by Gasteiger charge is -2.10. The molecule has 0 spiro atoms. The van der Waals surface area contributed by atoms with Gasteiger partial charge in [0.25, 0.3) is 0 Å². The number of para-hydroxylation sites is 1. The molecular formula is C29H20N2O4. The van der Waals surface area contributed by atoms with Crippen molar-refractivity contribution >= 4 is 38.7 Å². The second kappa shape index (κ2) is 8.25. The summed E-state index contributed by atoms with van der Waals surface area (Å²) in [6, 6.07) is 28.2. The minimum Gasteiger partial charge on any atom is -0.457 e. The normalized spacial score (nSPS) is 11.3. The van der Waals surface area contributed by atoms with Crippen molar-refractivity contribution in [3.63, 3.8) is 0 Å². The van der Waals surface area contributed by atoms with E-state index >= 15 is 0 Å². The molecule has 0 radical (unpaired) electrons. The first-order chi connectivity index (χ1) is 17.1. The molecule has 170 valence electrons. The minimum absolute atomic E-state index is 0.0511. The minimum atomic E-state index is -0.486. The van der Waals surface area contributed by atoms with Gasteiger partial charge in [0.1, 0.15) is 18.0 Å². The highest BCUT2D eigenvalue weighted by Gasteiger charge is 2.16. The number of carbonyl (C=O) groups excluding carboxylic acids is 1. The first-order valence-electron chi connectivity index (χ1n) is 11.2. The van der Waals surface area contributed by atoms with Crippen LogP contribution in [0.2, 0.25) is 0 Å². The van der Waals surface area contributed by atoms with E-state index in [1.165, 1.54) is 6.07 Å². The van der Waals surface area contributed by atoms with Gasteiger partial charge >= 0.3 is 11.6 Å². The quantitative estimate of drug-likeness (QED) is 0.185. The number of rotatable bonds is 4. The highest BCUT2D eigenvalue weighted by Crippen LogP contribution is 2.28. The van der Waals surface area contributed by atoms with Crippen LogP contribution in [0.3, 0.4) is 0 Å². The van der Waals surface area contributed by atoms with E-state index in [1.54, 1.807) is 18.2 Å². The summed E-state index contributed by atoms with van der Waals surface area (Å²) in [5, 5.41) is 2.71. The number of hydrogen-bond acceptors (Lipinski definition) is 5. The molecule has 0 fully saturated rings. The highest BCUT2D eigenvalue weighted by atomic mass is 16.5. The van der Waals surface area contributed by atoms with Gasteiger partial charge in [-0.3, -0.25) is 4.57 Å². The third kappa shape index (κ3) is 3.65. The standard InChI is InChI=1S/C29H20N2O4/c1-18-30-24-15-20(11-13-25(24)31(18)22-8-3-2-4-9-22)29(33)34-17-21-16-27(32)35-26-14-12-19-7-5-6-10-23(19)28(21)26/h2-16H,17H2,1H3. The first kappa shape index (κ1) is 20.9. The largest absolute Gasteiger partial charge is 0.457 e. The monoisotopic (exact) mass is 460 g/mol. The number of nitrogens with zero attached hydrogens (tertiary/aromatic N) is 2. The lowest BCUT2D eigenvalue weighted by molar-refractivity contribution is 0.0474. The van der Waals surface area contributed by atoms with E-state index in [1.807, 2.05) is 78.2 Å².